The van der Waals surface area contributed by atoms with E-state index in [1.165, 1.54) is 12.1 Å². The number of thiocarbonyl (C=S) groups is 1. The lowest BCUT2D eigenvalue weighted by atomic mass is 10.0. The molecule has 1 saturated heterocycles. The predicted octanol–water partition coefficient (Wildman–Crippen LogP) is 7.12. The van der Waals surface area contributed by atoms with Crippen LogP contribution in [0.1, 0.15) is 23.5 Å². The molecule has 1 aliphatic heterocycles. The van der Waals surface area contributed by atoms with E-state index in [1.807, 2.05) is 60.7 Å². The van der Waals surface area contributed by atoms with Crippen LogP contribution < -0.4 is 15.0 Å². The lowest BCUT2D eigenvalue weighted by Crippen LogP contribution is -2.30. The standard InChI is InChI=1S/C31H25N5O3S2/c1-39-24-13-7-21(8-14-24)34-20-4-6-28(34)30-29(27-5-2-3-19-32-27)33-31(40)35(30)22-9-15-25(16-10-22)41-26-17-11-23(12-18-26)36(37)38/h2-20,29-30H,1H3,(H,33,40). The molecule has 5 aromatic rings. The van der Waals surface area contributed by atoms with Gasteiger partial charge in [-0.05, 0) is 97.1 Å². The third-order valence-corrected chi connectivity index (χ3v) is 8.26. The Morgan fingerprint density at radius 1 is 0.902 bits per heavy atom. The monoisotopic (exact) mass is 579 g/mol. The van der Waals surface area contributed by atoms with Crippen molar-refractivity contribution in [2.24, 2.45) is 0 Å². The van der Waals surface area contributed by atoms with E-state index < -0.39 is 4.92 Å². The van der Waals surface area contributed by atoms with Gasteiger partial charge < -0.3 is 19.5 Å². The third kappa shape index (κ3) is 5.39. The Balaban J connectivity index is 1.35. The number of ether oxygens (including phenoxy) is 1. The normalized spacial score (nSPS) is 16.4. The summed E-state index contributed by atoms with van der Waals surface area (Å²) in [6.07, 6.45) is 3.85. The van der Waals surface area contributed by atoms with Crippen molar-refractivity contribution < 1.29 is 9.66 Å². The number of methoxy groups -OCH3 is 1. The number of nitro groups is 1. The third-order valence-electron chi connectivity index (χ3n) is 6.93. The van der Waals surface area contributed by atoms with Crippen molar-refractivity contribution in [3.05, 3.63) is 137 Å². The highest BCUT2D eigenvalue weighted by Crippen LogP contribution is 2.43. The van der Waals surface area contributed by atoms with E-state index in [9.17, 15) is 10.1 Å². The van der Waals surface area contributed by atoms with Crippen LogP contribution in [0.2, 0.25) is 0 Å². The molecule has 0 spiro atoms. The molecular weight excluding hydrogens is 555 g/mol. The summed E-state index contributed by atoms with van der Waals surface area (Å²) < 4.78 is 7.53. The Hall–Kier alpha value is -4.67. The number of non-ortho nitro benzene ring substituents is 1. The zero-order valence-corrected chi connectivity index (χ0v) is 23.6. The molecule has 3 aromatic carbocycles. The van der Waals surface area contributed by atoms with Crippen molar-refractivity contribution in [1.82, 2.24) is 14.9 Å². The maximum atomic E-state index is 11.0. The fraction of sp³-hybridized carbons (Fsp3) is 0.0968. The SMILES string of the molecule is COc1ccc(-n2cccc2C2C(c3ccccn3)NC(=S)N2c2ccc(Sc3ccc([N+](=O)[O-])cc3)cc2)cc1. The van der Waals surface area contributed by atoms with Crippen LogP contribution >= 0.6 is 24.0 Å². The molecule has 2 unspecified atom stereocenters. The summed E-state index contributed by atoms with van der Waals surface area (Å²) in [5.74, 6) is 0.797. The van der Waals surface area contributed by atoms with E-state index in [0.29, 0.717) is 5.11 Å². The maximum absolute atomic E-state index is 11.0. The first-order chi connectivity index (χ1) is 20.0. The summed E-state index contributed by atoms with van der Waals surface area (Å²) in [6, 6.07) is 32.4. The number of nitrogens with one attached hydrogen (secondary N) is 1. The lowest BCUT2D eigenvalue weighted by molar-refractivity contribution is -0.384. The summed E-state index contributed by atoms with van der Waals surface area (Å²) in [7, 11) is 1.66. The summed E-state index contributed by atoms with van der Waals surface area (Å²) in [5.41, 5.74) is 3.99. The van der Waals surface area contributed by atoms with Crippen molar-refractivity contribution in [1.29, 1.82) is 0 Å². The Morgan fingerprint density at radius 3 is 2.22 bits per heavy atom. The number of aromatic nitrogens is 2. The van der Waals surface area contributed by atoms with E-state index in [0.717, 1.165) is 38.3 Å². The van der Waals surface area contributed by atoms with Crippen LogP contribution in [-0.4, -0.2) is 26.7 Å². The van der Waals surface area contributed by atoms with Crippen LogP contribution in [0.5, 0.6) is 5.75 Å². The summed E-state index contributed by atoms with van der Waals surface area (Å²) in [5, 5.41) is 15.1. The summed E-state index contributed by atoms with van der Waals surface area (Å²) in [4.78, 5) is 19.3. The molecule has 3 heterocycles. The number of hydrogen-bond acceptors (Lipinski definition) is 6. The van der Waals surface area contributed by atoms with Gasteiger partial charge in [0, 0.05) is 51.4 Å². The summed E-state index contributed by atoms with van der Waals surface area (Å²) >= 11 is 7.46. The molecule has 2 aromatic heterocycles. The van der Waals surface area contributed by atoms with E-state index in [2.05, 4.69) is 44.2 Å². The average Bonchev–Trinajstić information content (AvgIpc) is 3.63. The molecule has 10 heteroatoms. The zero-order chi connectivity index (χ0) is 28.3. The largest absolute Gasteiger partial charge is 0.497 e. The molecule has 0 saturated carbocycles. The molecule has 0 bridgehead atoms. The van der Waals surface area contributed by atoms with Crippen molar-refractivity contribution in [3.63, 3.8) is 0 Å². The first kappa shape index (κ1) is 26.5. The van der Waals surface area contributed by atoms with Crippen LogP contribution in [0, 0.1) is 10.1 Å². The highest BCUT2D eigenvalue weighted by Gasteiger charge is 2.42. The van der Waals surface area contributed by atoms with Gasteiger partial charge in [-0.3, -0.25) is 15.1 Å². The minimum Gasteiger partial charge on any atom is -0.497 e. The van der Waals surface area contributed by atoms with Gasteiger partial charge in [0.1, 0.15) is 11.8 Å². The van der Waals surface area contributed by atoms with Gasteiger partial charge in [0.05, 0.1) is 23.8 Å². The first-order valence-corrected chi connectivity index (χ1v) is 14.1. The molecule has 1 N–H and O–H groups in total. The van der Waals surface area contributed by atoms with Gasteiger partial charge in [-0.1, -0.05) is 17.8 Å². The topological polar surface area (TPSA) is 85.5 Å². The minimum atomic E-state index is -0.393. The fourth-order valence-electron chi connectivity index (χ4n) is 4.99. The molecule has 8 nitrogen and oxygen atoms in total. The molecule has 2 atom stereocenters. The van der Waals surface area contributed by atoms with E-state index in [4.69, 9.17) is 17.0 Å². The van der Waals surface area contributed by atoms with Crippen molar-refractivity contribution in [2.75, 3.05) is 12.0 Å². The number of hydrogen-bond donors (Lipinski definition) is 1. The number of anilines is 1. The van der Waals surface area contributed by atoms with Gasteiger partial charge in [-0.15, -0.1) is 0 Å². The molecular formula is C31H25N5O3S2. The second-order valence-corrected chi connectivity index (χ2v) is 10.9. The molecule has 1 aliphatic rings. The summed E-state index contributed by atoms with van der Waals surface area (Å²) in [6.45, 7) is 0. The Labute approximate surface area is 246 Å². The van der Waals surface area contributed by atoms with Crippen molar-refractivity contribution in [2.45, 2.75) is 21.9 Å². The first-order valence-electron chi connectivity index (χ1n) is 12.9. The smallest absolute Gasteiger partial charge is 0.269 e. The van der Waals surface area contributed by atoms with Crippen LogP contribution in [0.25, 0.3) is 5.69 Å². The van der Waals surface area contributed by atoms with Gasteiger partial charge in [-0.25, -0.2) is 0 Å². The molecule has 41 heavy (non-hydrogen) atoms. The van der Waals surface area contributed by atoms with Gasteiger partial charge in [0.25, 0.3) is 5.69 Å². The predicted molar refractivity (Wildman–Crippen MR) is 164 cm³/mol. The maximum Gasteiger partial charge on any atom is 0.269 e. The molecule has 6 rings (SSSR count). The molecule has 0 aliphatic carbocycles. The minimum absolute atomic E-state index is 0.0765. The molecule has 1 fully saturated rings. The number of nitrogens with zero attached hydrogens (tertiary/aromatic N) is 4. The second-order valence-electron chi connectivity index (χ2n) is 9.34. The van der Waals surface area contributed by atoms with Crippen molar-refractivity contribution >= 4 is 40.5 Å². The highest BCUT2D eigenvalue weighted by molar-refractivity contribution is 7.99. The number of benzene rings is 3. The quantitative estimate of drug-likeness (QED) is 0.118. The second kappa shape index (κ2) is 11.4. The van der Waals surface area contributed by atoms with Gasteiger partial charge >= 0.3 is 0 Å². The van der Waals surface area contributed by atoms with E-state index in [1.54, 1.807) is 37.2 Å². The zero-order valence-electron chi connectivity index (χ0n) is 22.0. The van der Waals surface area contributed by atoms with Gasteiger partial charge in [0.2, 0.25) is 0 Å². The van der Waals surface area contributed by atoms with Gasteiger partial charge in [-0.2, -0.15) is 0 Å². The molecule has 0 radical (unpaired) electrons. The van der Waals surface area contributed by atoms with Crippen molar-refractivity contribution in [3.8, 4) is 11.4 Å². The Bertz CT molecular complexity index is 1670. The van der Waals surface area contributed by atoms with E-state index in [-0.39, 0.29) is 17.8 Å². The fourth-order valence-corrected chi connectivity index (χ4v) is 6.16. The van der Waals surface area contributed by atoms with Crippen LogP contribution in [0.4, 0.5) is 11.4 Å². The molecule has 204 valence electrons. The van der Waals surface area contributed by atoms with E-state index >= 15 is 0 Å². The van der Waals surface area contributed by atoms with Gasteiger partial charge in [0.15, 0.2) is 5.11 Å². The number of rotatable bonds is 8. The van der Waals surface area contributed by atoms with Crippen LogP contribution in [-0.2, 0) is 0 Å². The van der Waals surface area contributed by atoms with Crippen LogP contribution in [0.15, 0.2) is 125 Å². The lowest BCUT2D eigenvalue weighted by Gasteiger charge is -2.29. The average molecular weight is 580 g/mol. The van der Waals surface area contributed by atoms with Crippen LogP contribution in [0.3, 0.4) is 0 Å². The highest BCUT2D eigenvalue weighted by atomic mass is 32.2. The Morgan fingerprint density at radius 2 is 1.59 bits per heavy atom. The molecule has 0 amide bonds. The number of nitro benzene ring substituents is 1. The number of pyridine rings is 1. The Kier molecular flexibility index (Phi) is 7.41.